The molecule has 0 saturated carbocycles. The van der Waals surface area contributed by atoms with Crippen molar-refractivity contribution in [1.29, 1.82) is 0 Å². The van der Waals surface area contributed by atoms with Crippen LogP contribution in [0.2, 0.25) is 0 Å². The van der Waals surface area contributed by atoms with Crippen molar-refractivity contribution in [1.82, 2.24) is 14.9 Å². The molecule has 154 valence electrons. The number of aromatic nitrogens is 2. The summed E-state index contributed by atoms with van der Waals surface area (Å²) in [6.45, 7) is 8.65. The van der Waals surface area contributed by atoms with Crippen molar-refractivity contribution in [3.8, 4) is 17.0 Å². The van der Waals surface area contributed by atoms with Gasteiger partial charge < -0.3 is 25.3 Å². The number of anilines is 1. The first-order chi connectivity index (χ1) is 13.9. The van der Waals surface area contributed by atoms with E-state index in [-0.39, 0.29) is 11.0 Å². The monoisotopic (exact) mass is 394 g/mol. The second-order valence-electron chi connectivity index (χ2n) is 8.90. The average molecular weight is 395 g/mol. The lowest BCUT2D eigenvalue weighted by atomic mass is 9.93. The fraction of sp³-hybridized carbons (Fsp3) is 0.435. The van der Waals surface area contributed by atoms with Crippen LogP contribution in [0.4, 0.5) is 5.69 Å². The number of likely N-dealkylation sites (tertiary alicyclic amines) is 1. The van der Waals surface area contributed by atoms with Gasteiger partial charge in [0.2, 0.25) is 0 Å². The summed E-state index contributed by atoms with van der Waals surface area (Å²) >= 11 is 0. The molecule has 1 aliphatic rings. The fourth-order valence-electron chi connectivity index (χ4n) is 4.09. The van der Waals surface area contributed by atoms with Gasteiger partial charge in [0, 0.05) is 34.7 Å². The number of nitrogens with one attached hydrogen (secondary N) is 2. The molecular formula is C23H30N4O2. The van der Waals surface area contributed by atoms with Gasteiger partial charge in [-0.05, 0) is 56.3 Å². The summed E-state index contributed by atoms with van der Waals surface area (Å²) in [7, 11) is 0. The number of piperidine rings is 1. The zero-order chi connectivity index (χ0) is 20.4. The number of hydrogen-bond donors (Lipinski definition) is 3. The molecule has 29 heavy (non-hydrogen) atoms. The molecule has 6 heteroatoms. The molecule has 1 saturated heterocycles. The van der Waals surface area contributed by atoms with Crippen molar-refractivity contribution in [2.75, 3.05) is 32.0 Å². The normalized spacial score (nSPS) is 15.7. The minimum Gasteiger partial charge on any atom is -0.493 e. The first kappa shape index (κ1) is 19.6. The van der Waals surface area contributed by atoms with Crippen molar-refractivity contribution in [3.63, 3.8) is 0 Å². The van der Waals surface area contributed by atoms with Crippen LogP contribution < -0.4 is 16.0 Å². The van der Waals surface area contributed by atoms with Gasteiger partial charge in [-0.1, -0.05) is 20.3 Å². The van der Waals surface area contributed by atoms with Crippen LogP contribution in [0.25, 0.3) is 22.2 Å². The number of hydrogen-bond acceptors (Lipinski definition) is 4. The quantitative estimate of drug-likeness (QED) is 0.590. The molecule has 2 aromatic heterocycles. The van der Waals surface area contributed by atoms with E-state index in [1.54, 1.807) is 6.07 Å². The Morgan fingerprint density at radius 2 is 1.93 bits per heavy atom. The summed E-state index contributed by atoms with van der Waals surface area (Å²) in [5, 5.41) is 1.01. The van der Waals surface area contributed by atoms with Crippen LogP contribution in [0, 0.1) is 5.41 Å². The first-order valence-electron chi connectivity index (χ1n) is 10.4. The number of nitrogens with two attached hydrogens (primary N) is 1. The maximum absolute atomic E-state index is 12.1. The van der Waals surface area contributed by atoms with E-state index in [9.17, 15) is 4.79 Å². The van der Waals surface area contributed by atoms with Gasteiger partial charge in [0.1, 0.15) is 5.75 Å². The van der Waals surface area contributed by atoms with Gasteiger partial charge in [-0.3, -0.25) is 4.79 Å². The maximum Gasteiger partial charge on any atom is 0.257 e. The third-order valence-electron chi connectivity index (χ3n) is 5.54. The maximum atomic E-state index is 12.1. The van der Waals surface area contributed by atoms with Crippen LogP contribution in [-0.4, -0.2) is 41.1 Å². The Kier molecular flexibility index (Phi) is 5.37. The highest BCUT2D eigenvalue weighted by Gasteiger charge is 2.24. The van der Waals surface area contributed by atoms with Gasteiger partial charge >= 0.3 is 0 Å². The van der Waals surface area contributed by atoms with Gasteiger partial charge in [-0.15, -0.1) is 0 Å². The van der Waals surface area contributed by atoms with Gasteiger partial charge in [-0.2, -0.15) is 0 Å². The Hall–Kier alpha value is -2.73. The van der Waals surface area contributed by atoms with Crippen molar-refractivity contribution in [2.45, 2.75) is 33.1 Å². The summed E-state index contributed by atoms with van der Waals surface area (Å²) in [6, 6.07) is 9.64. The number of aromatic amines is 2. The first-order valence-corrected chi connectivity index (χ1v) is 10.4. The van der Waals surface area contributed by atoms with E-state index in [1.807, 2.05) is 24.3 Å². The van der Waals surface area contributed by atoms with E-state index in [4.69, 9.17) is 10.5 Å². The molecule has 3 aromatic rings. The van der Waals surface area contributed by atoms with E-state index in [0.29, 0.717) is 17.9 Å². The third kappa shape index (κ3) is 4.65. The molecule has 3 heterocycles. The summed E-state index contributed by atoms with van der Waals surface area (Å²) in [5.74, 6) is 0.844. The van der Waals surface area contributed by atoms with E-state index in [2.05, 4.69) is 28.7 Å². The molecule has 1 fully saturated rings. The van der Waals surface area contributed by atoms with E-state index in [0.717, 1.165) is 28.9 Å². The molecule has 0 amide bonds. The molecule has 6 nitrogen and oxygen atoms in total. The van der Waals surface area contributed by atoms with E-state index in [1.165, 1.54) is 38.5 Å². The zero-order valence-corrected chi connectivity index (χ0v) is 17.3. The lowest BCUT2D eigenvalue weighted by molar-refractivity contribution is 0.103. The number of ether oxygens (including phenoxy) is 1. The second kappa shape index (κ2) is 7.95. The van der Waals surface area contributed by atoms with Crippen LogP contribution in [0.5, 0.6) is 5.75 Å². The summed E-state index contributed by atoms with van der Waals surface area (Å²) < 4.78 is 6.15. The molecule has 4 rings (SSSR count). The van der Waals surface area contributed by atoms with Crippen molar-refractivity contribution < 1.29 is 4.74 Å². The molecule has 0 spiro atoms. The van der Waals surface area contributed by atoms with Crippen molar-refractivity contribution in [2.24, 2.45) is 5.41 Å². The smallest absolute Gasteiger partial charge is 0.257 e. The summed E-state index contributed by atoms with van der Waals surface area (Å²) in [4.78, 5) is 20.6. The minimum absolute atomic E-state index is 0.0878. The number of pyridine rings is 1. The van der Waals surface area contributed by atoms with E-state index >= 15 is 0 Å². The van der Waals surface area contributed by atoms with Crippen LogP contribution in [0.1, 0.15) is 33.1 Å². The average Bonchev–Trinajstić information content (AvgIpc) is 3.12. The van der Waals surface area contributed by atoms with Gasteiger partial charge in [0.05, 0.1) is 17.9 Å². The summed E-state index contributed by atoms with van der Waals surface area (Å²) in [6.07, 6.45) is 5.47. The molecule has 0 aliphatic carbocycles. The topological polar surface area (TPSA) is 87.1 Å². The number of nitrogens with zero attached hydrogens (tertiary/aromatic N) is 1. The number of rotatable bonds is 6. The number of H-pyrrole nitrogens is 2. The lowest BCUT2D eigenvalue weighted by Crippen LogP contribution is -2.40. The molecule has 4 N–H and O–H groups in total. The zero-order valence-electron chi connectivity index (χ0n) is 17.3. The Morgan fingerprint density at radius 1 is 1.14 bits per heavy atom. The summed E-state index contributed by atoms with van der Waals surface area (Å²) in [5.41, 5.74) is 8.51. The molecule has 0 radical (unpaired) electrons. The van der Waals surface area contributed by atoms with Crippen molar-refractivity contribution >= 4 is 16.6 Å². The number of benzene rings is 1. The highest BCUT2D eigenvalue weighted by molar-refractivity contribution is 5.87. The Bertz CT molecular complexity index is 1040. The fourth-order valence-corrected chi connectivity index (χ4v) is 4.09. The van der Waals surface area contributed by atoms with Crippen LogP contribution in [0.15, 0.2) is 41.3 Å². The van der Waals surface area contributed by atoms with Gasteiger partial charge in [0.15, 0.2) is 0 Å². The van der Waals surface area contributed by atoms with Gasteiger partial charge in [-0.25, -0.2) is 0 Å². The standard InChI is InChI=1S/C23H30N4O2/c1-23(2,14-27-8-4-3-5-9-27)15-29-18-6-7-20-16(10-18)11-21(26-20)19-12-17(24)13-25-22(19)28/h6-7,10-13,26H,3-5,8-9,14-15,24H2,1-2H3,(H,25,28). The predicted molar refractivity (Wildman–Crippen MR) is 118 cm³/mol. The Morgan fingerprint density at radius 3 is 2.72 bits per heavy atom. The predicted octanol–water partition coefficient (Wildman–Crippen LogP) is 4.00. The Balaban J connectivity index is 1.47. The largest absolute Gasteiger partial charge is 0.493 e. The molecule has 1 aromatic carbocycles. The number of fused-ring (bicyclic) bond motifs is 1. The van der Waals surface area contributed by atoms with E-state index < -0.39 is 0 Å². The number of nitrogen functional groups attached to an aromatic ring is 1. The second-order valence-corrected chi connectivity index (χ2v) is 8.90. The molecule has 0 unspecified atom stereocenters. The van der Waals surface area contributed by atoms with Crippen LogP contribution in [0.3, 0.4) is 0 Å². The molecule has 0 atom stereocenters. The minimum atomic E-state index is -0.165. The molecule has 0 bridgehead atoms. The van der Waals surface area contributed by atoms with Crippen LogP contribution in [-0.2, 0) is 0 Å². The Labute approximate surface area is 171 Å². The SMILES string of the molecule is CC(C)(COc1ccc2[nH]c(-c3cc(N)c[nH]c3=O)cc2c1)CN1CCCCC1. The third-order valence-corrected chi connectivity index (χ3v) is 5.54. The highest BCUT2D eigenvalue weighted by atomic mass is 16.5. The molecular weight excluding hydrogens is 364 g/mol. The van der Waals surface area contributed by atoms with Gasteiger partial charge in [0.25, 0.3) is 5.56 Å². The lowest BCUT2D eigenvalue weighted by Gasteiger charge is -2.34. The van der Waals surface area contributed by atoms with Crippen molar-refractivity contribution in [3.05, 3.63) is 46.9 Å². The van der Waals surface area contributed by atoms with Crippen LogP contribution >= 0.6 is 0 Å². The highest BCUT2D eigenvalue weighted by Crippen LogP contribution is 2.28. The molecule has 1 aliphatic heterocycles.